The molecule has 0 radical (unpaired) electrons. The van der Waals surface area contributed by atoms with Gasteiger partial charge in [-0.25, -0.2) is 0 Å². The smallest absolute Gasteiger partial charge is 0.146 e. The molecule has 1 aromatic rings. The Morgan fingerprint density at radius 1 is 0.516 bits per heavy atom. The van der Waals surface area contributed by atoms with E-state index in [-0.39, 0.29) is 0 Å². The van der Waals surface area contributed by atoms with Gasteiger partial charge in [0.2, 0.25) is 0 Å². The van der Waals surface area contributed by atoms with Crippen molar-refractivity contribution in [1.29, 1.82) is 0 Å². The highest BCUT2D eigenvalue weighted by atomic mass is 35.7. The van der Waals surface area contributed by atoms with Crippen molar-refractivity contribution in [3.05, 3.63) is 35.9 Å². The fourth-order valence-electron chi connectivity index (χ4n) is 4.38. The minimum atomic E-state index is -2.05. The van der Waals surface area contributed by atoms with Crippen molar-refractivity contribution < 1.29 is 0 Å². The zero-order valence-corrected chi connectivity index (χ0v) is 23.0. The normalized spacial score (nSPS) is 11.8. The molecule has 0 aliphatic heterocycles. The highest BCUT2D eigenvalue weighted by molar-refractivity contribution is 7.45. The monoisotopic (exact) mass is 484 g/mol. The van der Waals surface area contributed by atoms with Gasteiger partial charge in [0.15, 0.2) is 0 Å². The van der Waals surface area contributed by atoms with E-state index < -0.39 is 6.69 Å². The van der Waals surface area contributed by atoms with E-state index in [4.69, 9.17) is 22.2 Å². The van der Waals surface area contributed by atoms with Gasteiger partial charge in [-0.05, 0) is 24.1 Å². The molecule has 0 heterocycles. The third-order valence-corrected chi connectivity index (χ3v) is 10.9. The molecule has 180 valence electrons. The lowest BCUT2D eigenvalue weighted by Gasteiger charge is -2.16. The van der Waals surface area contributed by atoms with Crippen LogP contribution >= 0.6 is 22.2 Å². The molecule has 3 heteroatoms. The summed E-state index contributed by atoms with van der Waals surface area (Å²) in [6, 6.07) is 12.6. The van der Waals surface area contributed by atoms with Gasteiger partial charge in [-0.1, -0.05) is 153 Å². The van der Waals surface area contributed by atoms with Crippen molar-refractivity contribution in [3.63, 3.8) is 0 Å². The van der Waals surface area contributed by atoms with E-state index >= 15 is 0 Å². The molecule has 0 aliphatic carbocycles. The van der Waals surface area contributed by atoms with Gasteiger partial charge in [0, 0.05) is 0 Å². The predicted molar refractivity (Wildman–Crippen MR) is 146 cm³/mol. The van der Waals surface area contributed by atoms with Crippen molar-refractivity contribution >= 4 is 28.9 Å². The number of unbranched alkanes of at least 4 members (excludes halogenated alkanes) is 17. The largest absolute Gasteiger partial charge is 0.251 e. The van der Waals surface area contributed by atoms with Crippen LogP contribution in [0.15, 0.2) is 30.3 Å². The Kier molecular flexibility index (Phi) is 19.3. The van der Waals surface area contributed by atoms with Crippen molar-refractivity contribution in [3.8, 4) is 0 Å². The first-order chi connectivity index (χ1) is 15.1. The lowest BCUT2D eigenvalue weighted by molar-refractivity contribution is 0.526. The molecule has 0 spiro atoms. The maximum Gasteiger partial charge on any atom is 0.251 e. The SMILES string of the molecule is CCCCCCCCCCCCCCCCCCCC[Si](Cl)(Cl)CCc1ccccc1. The molecular formula is C28H50Cl2Si. The highest BCUT2D eigenvalue weighted by Gasteiger charge is 2.27. The highest BCUT2D eigenvalue weighted by Crippen LogP contribution is 2.30. The molecule has 0 atom stereocenters. The summed E-state index contributed by atoms with van der Waals surface area (Å²) in [5.41, 5.74) is 1.36. The first-order valence-corrected chi connectivity index (χ1v) is 18.0. The molecule has 0 N–H and O–H groups in total. The van der Waals surface area contributed by atoms with Crippen LogP contribution in [0.1, 0.15) is 128 Å². The van der Waals surface area contributed by atoms with Gasteiger partial charge in [-0.15, -0.1) is 22.2 Å². The van der Waals surface area contributed by atoms with Gasteiger partial charge in [0.25, 0.3) is 6.69 Å². The van der Waals surface area contributed by atoms with Crippen molar-refractivity contribution in [2.75, 3.05) is 0 Å². The molecule has 31 heavy (non-hydrogen) atoms. The summed E-state index contributed by atoms with van der Waals surface area (Å²) in [7, 11) is 0. The third kappa shape index (κ3) is 19.2. The molecule has 0 unspecified atom stereocenters. The van der Waals surface area contributed by atoms with E-state index in [1.54, 1.807) is 0 Å². The van der Waals surface area contributed by atoms with Gasteiger partial charge in [0.1, 0.15) is 0 Å². The summed E-state index contributed by atoms with van der Waals surface area (Å²) in [4.78, 5) is 0. The van der Waals surface area contributed by atoms with Gasteiger partial charge in [0.05, 0.1) is 0 Å². The summed E-state index contributed by atoms with van der Waals surface area (Å²) in [6.07, 6.45) is 26.5. The topological polar surface area (TPSA) is 0 Å². The fraction of sp³-hybridized carbons (Fsp3) is 0.786. The van der Waals surface area contributed by atoms with Crippen LogP contribution < -0.4 is 0 Å². The van der Waals surface area contributed by atoms with Crippen LogP contribution in [0.4, 0.5) is 0 Å². The molecule has 0 aromatic heterocycles. The Bertz CT molecular complexity index is 489. The quantitative estimate of drug-likeness (QED) is 0.0870. The van der Waals surface area contributed by atoms with E-state index in [0.717, 1.165) is 18.5 Å². The van der Waals surface area contributed by atoms with E-state index in [1.807, 2.05) is 0 Å². The zero-order valence-electron chi connectivity index (χ0n) is 20.5. The summed E-state index contributed by atoms with van der Waals surface area (Å²) in [5.74, 6) is 0. The zero-order chi connectivity index (χ0) is 22.5. The molecule has 0 amide bonds. The Hall–Kier alpha value is 0.0169. The van der Waals surface area contributed by atoms with E-state index in [1.165, 1.54) is 121 Å². The molecule has 0 fully saturated rings. The minimum absolute atomic E-state index is 0.985. The maximum absolute atomic E-state index is 6.67. The molecule has 1 rings (SSSR count). The van der Waals surface area contributed by atoms with Crippen LogP contribution in [0.25, 0.3) is 0 Å². The summed E-state index contributed by atoms with van der Waals surface area (Å²) in [5, 5.41) is 0. The Balaban J connectivity index is 1.79. The molecule has 0 nitrogen and oxygen atoms in total. The summed E-state index contributed by atoms with van der Waals surface area (Å²) in [6.45, 7) is 0.243. The van der Waals surface area contributed by atoms with E-state index in [2.05, 4.69) is 37.3 Å². The molecule has 0 bridgehead atoms. The fourth-order valence-corrected chi connectivity index (χ4v) is 7.42. The maximum atomic E-state index is 6.67. The molecule has 1 aromatic carbocycles. The Morgan fingerprint density at radius 2 is 0.903 bits per heavy atom. The molecule has 0 aliphatic rings. The average molecular weight is 486 g/mol. The standard InChI is InChI=1S/C28H50Cl2Si/c1-2-3-4-5-6-7-8-9-10-11-12-13-14-15-16-17-18-22-26-31(29,30)27-25-28-23-20-19-21-24-28/h19-21,23-24H,2-18,22,25-27H2,1H3. The van der Waals surface area contributed by atoms with Crippen LogP contribution in [-0.2, 0) is 6.42 Å². The second-order valence-corrected chi connectivity index (χ2v) is 17.2. The van der Waals surface area contributed by atoms with E-state index in [9.17, 15) is 0 Å². The second kappa shape index (κ2) is 20.6. The summed E-state index contributed by atoms with van der Waals surface area (Å²) >= 11 is 13.3. The van der Waals surface area contributed by atoms with Gasteiger partial charge < -0.3 is 0 Å². The van der Waals surface area contributed by atoms with Crippen LogP contribution in [0.5, 0.6) is 0 Å². The van der Waals surface area contributed by atoms with Crippen LogP contribution in [0, 0.1) is 0 Å². The number of hydrogen-bond donors (Lipinski definition) is 0. The first-order valence-electron chi connectivity index (χ1n) is 13.6. The van der Waals surface area contributed by atoms with Gasteiger partial charge in [-0.2, -0.15) is 0 Å². The Morgan fingerprint density at radius 3 is 1.32 bits per heavy atom. The van der Waals surface area contributed by atoms with Crippen molar-refractivity contribution in [2.24, 2.45) is 0 Å². The number of hydrogen-bond acceptors (Lipinski definition) is 0. The van der Waals surface area contributed by atoms with Gasteiger partial charge in [-0.3, -0.25) is 0 Å². The van der Waals surface area contributed by atoms with Crippen LogP contribution in [0.2, 0.25) is 12.1 Å². The van der Waals surface area contributed by atoms with Crippen LogP contribution in [-0.4, -0.2) is 6.69 Å². The lowest BCUT2D eigenvalue weighted by atomic mass is 10.0. The summed E-state index contributed by atoms with van der Waals surface area (Å²) < 4.78 is 0. The average Bonchev–Trinajstić information content (AvgIpc) is 2.77. The predicted octanol–water partition coefficient (Wildman–Crippen LogP) is 11.2. The van der Waals surface area contributed by atoms with E-state index in [0.29, 0.717) is 0 Å². The van der Waals surface area contributed by atoms with Crippen molar-refractivity contribution in [2.45, 2.75) is 141 Å². The van der Waals surface area contributed by atoms with Crippen molar-refractivity contribution in [1.82, 2.24) is 0 Å². The third-order valence-electron chi connectivity index (χ3n) is 6.52. The number of aryl methyl sites for hydroxylation is 1. The number of rotatable bonds is 22. The molecule has 0 saturated carbocycles. The van der Waals surface area contributed by atoms with Gasteiger partial charge >= 0.3 is 0 Å². The number of benzene rings is 1. The van der Waals surface area contributed by atoms with Crippen LogP contribution in [0.3, 0.4) is 0 Å². The Labute approximate surface area is 205 Å². The number of halogens is 2. The molecule has 0 saturated heterocycles. The minimum Gasteiger partial charge on any atom is -0.146 e. The second-order valence-electron chi connectivity index (χ2n) is 9.60. The lowest BCUT2D eigenvalue weighted by Crippen LogP contribution is -2.19. The first kappa shape index (κ1) is 29.0. The molecular weight excluding hydrogens is 435 g/mol.